The number of carbonyl (C=O) groups excluding carboxylic acids is 1. The molecule has 1 aromatic heterocycles. The van der Waals surface area contributed by atoms with Crippen LogP contribution in [-0.4, -0.2) is 25.7 Å². The van der Waals surface area contributed by atoms with Crippen molar-refractivity contribution in [1.82, 2.24) is 5.43 Å². The van der Waals surface area contributed by atoms with E-state index in [0.29, 0.717) is 5.56 Å². The van der Waals surface area contributed by atoms with Crippen LogP contribution in [0.1, 0.15) is 22.2 Å². The molecule has 6 heteroatoms. The topological polar surface area (TPSA) is 44.7 Å². The first-order chi connectivity index (χ1) is 9.97. The van der Waals surface area contributed by atoms with E-state index in [4.69, 9.17) is 0 Å². The van der Waals surface area contributed by atoms with Crippen molar-refractivity contribution in [3.05, 3.63) is 50.6 Å². The Labute approximate surface area is 136 Å². The van der Waals surface area contributed by atoms with Crippen LogP contribution in [0.5, 0.6) is 0 Å². The third-order valence-electron chi connectivity index (χ3n) is 2.90. The Hall–Kier alpha value is -1.66. The summed E-state index contributed by atoms with van der Waals surface area (Å²) < 4.78 is 1.04. The number of rotatable bonds is 4. The minimum atomic E-state index is -0.213. The van der Waals surface area contributed by atoms with Gasteiger partial charge in [0.1, 0.15) is 0 Å². The number of carbonyl (C=O) groups is 1. The quantitative estimate of drug-likeness (QED) is 0.662. The molecule has 2 aromatic rings. The van der Waals surface area contributed by atoms with Gasteiger partial charge in [0.15, 0.2) is 0 Å². The average Bonchev–Trinajstić information content (AvgIpc) is 2.91. The summed E-state index contributed by atoms with van der Waals surface area (Å²) in [5.41, 5.74) is 5.00. The van der Waals surface area contributed by atoms with Crippen LogP contribution in [0.2, 0.25) is 0 Å². The Bertz CT molecular complexity index is 662. The number of anilines is 1. The second-order valence-corrected chi connectivity index (χ2v) is 7.15. The maximum atomic E-state index is 12.0. The largest absolute Gasteiger partial charge is 0.378 e. The molecule has 2 rings (SSSR count). The average molecular weight is 366 g/mol. The number of halogens is 1. The fraction of sp³-hybridized carbons (Fsp3) is 0.200. The fourth-order valence-electron chi connectivity index (χ4n) is 1.67. The van der Waals surface area contributed by atoms with Crippen LogP contribution >= 0.6 is 27.3 Å². The summed E-state index contributed by atoms with van der Waals surface area (Å²) in [4.78, 5) is 15.0. The number of thiophene rings is 1. The molecule has 0 atom stereocenters. The van der Waals surface area contributed by atoms with Gasteiger partial charge in [-0.25, -0.2) is 5.43 Å². The second-order valence-electron chi connectivity index (χ2n) is 4.68. The van der Waals surface area contributed by atoms with E-state index in [-0.39, 0.29) is 5.91 Å². The molecule has 0 saturated carbocycles. The second kappa shape index (κ2) is 6.87. The molecule has 0 aliphatic carbocycles. The van der Waals surface area contributed by atoms with E-state index >= 15 is 0 Å². The van der Waals surface area contributed by atoms with Crippen molar-refractivity contribution in [1.29, 1.82) is 0 Å². The summed E-state index contributed by atoms with van der Waals surface area (Å²) in [6.07, 6.45) is 0. The van der Waals surface area contributed by atoms with Gasteiger partial charge < -0.3 is 4.90 Å². The van der Waals surface area contributed by atoms with Gasteiger partial charge in [-0.2, -0.15) is 5.10 Å². The molecule has 0 unspecified atom stereocenters. The van der Waals surface area contributed by atoms with Crippen molar-refractivity contribution >= 4 is 44.6 Å². The molecule has 0 fully saturated rings. The van der Waals surface area contributed by atoms with Crippen molar-refractivity contribution in [2.75, 3.05) is 19.0 Å². The normalized spacial score (nSPS) is 11.3. The molecule has 0 radical (unpaired) electrons. The summed E-state index contributed by atoms with van der Waals surface area (Å²) in [5.74, 6) is -0.213. The van der Waals surface area contributed by atoms with Crippen molar-refractivity contribution < 1.29 is 4.79 Å². The highest BCUT2D eigenvalue weighted by molar-refractivity contribution is 9.11. The molecule has 0 saturated heterocycles. The maximum absolute atomic E-state index is 12.0. The fourth-order valence-corrected chi connectivity index (χ4v) is 3.00. The van der Waals surface area contributed by atoms with Crippen LogP contribution in [0.3, 0.4) is 0 Å². The highest BCUT2D eigenvalue weighted by Gasteiger charge is 2.06. The lowest BCUT2D eigenvalue weighted by atomic mass is 10.2. The maximum Gasteiger partial charge on any atom is 0.271 e. The first-order valence-electron chi connectivity index (χ1n) is 6.35. The minimum absolute atomic E-state index is 0.213. The third kappa shape index (κ3) is 4.15. The van der Waals surface area contributed by atoms with Gasteiger partial charge in [0, 0.05) is 25.3 Å². The number of nitrogens with one attached hydrogen (secondary N) is 1. The molecule has 1 heterocycles. The third-order valence-corrected chi connectivity index (χ3v) is 4.63. The van der Waals surface area contributed by atoms with Gasteiger partial charge in [0.05, 0.1) is 14.4 Å². The lowest BCUT2D eigenvalue weighted by molar-refractivity contribution is 0.0955. The van der Waals surface area contributed by atoms with Crippen LogP contribution in [0.25, 0.3) is 0 Å². The van der Waals surface area contributed by atoms with E-state index in [1.54, 1.807) is 23.5 Å². The van der Waals surface area contributed by atoms with Crippen LogP contribution < -0.4 is 10.3 Å². The van der Waals surface area contributed by atoms with Gasteiger partial charge in [-0.15, -0.1) is 11.3 Å². The molecule has 110 valence electrons. The van der Waals surface area contributed by atoms with Crippen molar-refractivity contribution in [3.8, 4) is 0 Å². The summed E-state index contributed by atoms with van der Waals surface area (Å²) in [5, 5.41) is 4.14. The highest BCUT2D eigenvalue weighted by atomic mass is 79.9. The molecular formula is C15H16BrN3OS. The summed E-state index contributed by atoms with van der Waals surface area (Å²) in [6, 6.07) is 11.3. The van der Waals surface area contributed by atoms with Crippen LogP contribution in [0, 0.1) is 0 Å². The van der Waals surface area contributed by atoms with Crippen molar-refractivity contribution in [3.63, 3.8) is 0 Å². The lowest BCUT2D eigenvalue weighted by Crippen LogP contribution is -2.19. The zero-order chi connectivity index (χ0) is 15.4. The van der Waals surface area contributed by atoms with E-state index in [1.807, 2.05) is 50.2 Å². The summed E-state index contributed by atoms with van der Waals surface area (Å²) >= 11 is 4.99. The first-order valence-corrected chi connectivity index (χ1v) is 7.96. The van der Waals surface area contributed by atoms with Gasteiger partial charge in [-0.1, -0.05) is 0 Å². The van der Waals surface area contributed by atoms with E-state index in [9.17, 15) is 4.79 Å². The zero-order valence-corrected chi connectivity index (χ0v) is 14.5. The molecule has 0 spiro atoms. The van der Waals surface area contributed by atoms with E-state index in [2.05, 4.69) is 26.5 Å². The van der Waals surface area contributed by atoms with Gasteiger partial charge in [0.2, 0.25) is 0 Å². The monoisotopic (exact) mass is 365 g/mol. The standard InChI is InChI=1S/C15H16BrN3OS/c1-10(13-8-9-14(16)21-13)17-18-15(20)11-4-6-12(7-5-11)19(2)3/h4-9H,1-3H3,(H,18,20)/b17-10-. The van der Waals surface area contributed by atoms with Gasteiger partial charge in [-0.05, 0) is 59.3 Å². The van der Waals surface area contributed by atoms with Gasteiger partial charge >= 0.3 is 0 Å². The number of amides is 1. The Morgan fingerprint density at radius 1 is 1.19 bits per heavy atom. The number of nitrogens with zero attached hydrogens (tertiary/aromatic N) is 2. The van der Waals surface area contributed by atoms with E-state index < -0.39 is 0 Å². The molecular weight excluding hydrogens is 350 g/mol. The first kappa shape index (κ1) is 15.7. The predicted octanol–water partition coefficient (Wildman–Crippen LogP) is 3.73. The van der Waals surface area contributed by atoms with E-state index in [0.717, 1.165) is 20.1 Å². The zero-order valence-electron chi connectivity index (χ0n) is 12.1. The number of hydrogen-bond acceptors (Lipinski definition) is 4. The highest BCUT2D eigenvalue weighted by Crippen LogP contribution is 2.22. The molecule has 0 bridgehead atoms. The summed E-state index contributed by atoms with van der Waals surface area (Å²) in [6.45, 7) is 1.87. The van der Waals surface area contributed by atoms with E-state index in [1.165, 1.54) is 0 Å². The predicted molar refractivity (Wildman–Crippen MR) is 92.5 cm³/mol. The Kier molecular flexibility index (Phi) is 5.14. The smallest absolute Gasteiger partial charge is 0.271 e. The molecule has 1 amide bonds. The van der Waals surface area contributed by atoms with Crippen LogP contribution in [0.15, 0.2) is 45.3 Å². The Morgan fingerprint density at radius 2 is 1.86 bits per heavy atom. The minimum Gasteiger partial charge on any atom is -0.378 e. The van der Waals surface area contributed by atoms with Crippen molar-refractivity contribution in [2.45, 2.75) is 6.92 Å². The molecule has 1 N–H and O–H groups in total. The van der Waals surface area contributed by atoms with Crippen LogP contribution in [-0.2, 0) is 0 Å². The Morgan fingerprint density at radius 3 is 2.38 bits per heavy atom. The number of hydrogen-bond donors (Lipinski definition) is 1. The van der Waals surface area contributed by atoms with Gasteiger partial charge in [0.25, 0.3) is 5.91 Å². The van der Waals surface area contributed by atoms with Crippen molar-refractivity contribution in [2.24, 2.45) is 5.10 Å². The lowest BCUT2D eigenvalue weighted by Gasteiger charge is -2.12. The molecule has 4 nitrogen and oxygen atoms in total. The van der Waals surface area contributed by atoms with Crippen LogP contribution in [0.4, 0.5) is 5.69 Å². The summed E-state index contributed by atoms with van der Waals surface area (Å²) in [7, 11) is 3.92. The number of benzene rings is 1. The van der Waals surface area contributed by atoms with Gasteiger partial charge in [-0.3, -0.25) is 4.79 Å². The molecule has 0 aliphatic heterocycles. The molecule has 21 heavy (non-hydrogen) atoms. The SMILES string of the molecule is C/C(=N/NC(=O)c1ccc(N(C)C)cc1)c1ccc(Br)s1. The molecule has 0 aliphatic rings. The molecule has 1 aromatic carbocycles. The number of hydrazone groups is 1. The Balaban J connectivity index is 2.04.